The van der Waals surface area contributed by atoms with Crippen molar-refractivity contribution in [3.05, 3.63) is 62.7 Å². The first kappa shape index (κ1) is 15.1. The Balaban J connectivity index is 2.37. The van der Waals surface area contributed by atoms with Crippen LogP contribution in [0.4, 0.5) is 5.69 Å². The quantitative estimate of drug-likeness (QED) is 0.749. The summed E-state index contributed by atoms with van der Waals surface area (Å²) in [4.78, 5) is 11.7. The molecule has 104 valence electrons. The molecule has 0 amide bonds. The van der Waals surface area contributed by atoms with E-state index in [1.54, 1.807) is 31.2 Å². The Morgan fingerprint density at radius 3 is 2.20 bits per heavy atom. The van der Waals surface area contributed by atoms with Crippen LogP contribution in [0.5, 0.6) is 0 Å². The van der Waals surface area contributed by atoms with Crippen LogP contribution in [0.3, 0.4) is 0 Å². The van der Waals surface area contributed by atoms with E-state index in [9.17, 15) is 9.90 Å². The van der Waals surface area contributed by atoms with Crippen LogP contribution >= 0.6 is 34.2 Å². The summed E-state index contributed by atoms with van der Waals surface area (Å²) in [5.74, 6) is -0.936. The number of hydrogen-bond acceptors (Lipinski definition) is 2. The van der Waals surface area contributed by atoms with Crippen molar-refractivity contribution >= 4 is 45.8 Å². The summed E-state index contributed by atoms with van der Waals surface area (Å²) in [5, 5.41) is 13.3. The molecule has 5 heteroatoms. The zero-order valence-corrected chi connectivity index (χ0v) is 13.6. The molecule has 0 bridgehead atoms. The average Bonchev–Trinajstić information content (AvgIpc) is 2.42. The van der Waals surface area contributed by atoms with Crippen molar-refractivity contribution in [1.82, 2.24) is 0 Å². The normalized spacial score (nSPS) is 13.6. The molecule has 0 aromatic heterocycles. The standard InChI is InChI=1S/C15H13ClINO2/c1-15(14(19)20,10-2-6-12(17)7-3-10)18-13-8-4-11(16)5-9-13/h2-9,18H,1H3,(H,19,20). The van der Waals surface area contributed by atoms with E-state index < -0.39 is 11.5 Å². The molecule has 2 aromatic rings. The molecular weight excluding hydrogens is 389 g/mol. The molecule has 0 heterocycles. The van der Waals surface area contributed by atoms with Gasteiger partial charge in [0, 0.05) is 14.3 Å². The van der Waals surface area contributed by atoms with Crippen LogP contribution in [0.2, 0.25) is 5.02 Å². The summed E-state index contributed by atoms with van der Waals surface area (Å²) in [6.07, 6.45) is 0. The minimum atomic E-state index is -1.20. The predicted molar refractivity (Wildman–Crippen MR) is 89.2 cm³/mol. The summed E-state index contributed by atoms with van der Waals surface area (Å²) >= 11 is 8.02. The van der Waals surface area contributed by atoms with E-state index in [0.717, 1.165) is 3.57 Å². The maximum atomic E-state index is 11.7. The molecule has 0 fully saturated rings. The van der Waals surface area contributed by atoms with Crippen LogP contribution in [-0.2, 0) is 10.3 Å². The van der Waals surface area contributed by atoms with Crippen molar-refractivity contribution in [2.45, 2.75) is 12.5 Å². The highest BCUT2D eigenvalue weighted by atomic mass is 127. The third kappa shape index (κ3) is 3.24. The third-order valence-electron chi connectivity index (χ3n) is 3.09. The van der Waals surface area contributed by atoms with Gasteiger partial charge in [-0.3, -0.25) is 0 Å². The molecule has 2 aromatic carbocycles. The second-order valence-corrected chi connectivity index (χ2v) is 6.25. The van der Waals surface area contributed by atoms with Crippen molar-refractivity contribution in [3.8, 4) is 0 Å². The first-order valence-corrected chi connectivity index (χ1v) is 7.41. The number of hydrogen-bond donors (Lipinski definition) is 2. The topological polar surface area (TPSA) is 49.3 Å². The number of benzene rings is 2. The van der Waals surface area contributed by atoms with Gasteiger partial charge in [-0.1, -0.05) is 23.7 Å². The fraction of sp³-hybridized carbons (Fsp3) is 0.133. The second-order valence-electron chi connectivity index (χ2n) is 4.57. The van der Waals surface area contributed by atoms with Crippen LogP contribution < -0.4 is 5.32 Å². The van der Waals surface area contributed by atoms with Gasteiger partial charge in [-0.05, 0) is 71.5 Å². The van der Waals surface area contributed by atoms with Crippen LogP contribution in [0.1, 0.15) is 12.5 Å². The number of rotatable bonds is 4. The van der Waals surface area contributed by atoms with Crippen molar-refractivity contribution in [3.63, 3.8) is 0 Å². The summed E-state index contributed by atoms with van der Waals surface area (Å²) in [6.45, 7) is 1.64. The smallest absolute Gasteiger partial charge is 0.333 e. The molecular formula is C15H13ClINO2. The van der Waals surface area contributed by atoms with Gasteiger partial charge >= 0.3 is 5.97 Å². The fourth-order valence-electron chi connectivity index (χ4n) is 1.85. The maximum Gasteiger partial charge on any atom is 0.333 e. The molecule has 0 aliphatic carbocycles. The Hall–Kier alpha value is -1.27. The second kappa shape index (κ2) is 6.01. The van der Waals surface area contributed by atoms with E-state index in [4.69, 9.17) is 11.6 Å². The van der Waals surface area contributed by atoms with Crippen molar-refractivity contribution < 1.29 is 9.90 Å². The van der Waals surface area contributed by atoms with Gasteiger partial charge in [0.15, 0.2) is 5.54 Å². The lowest BCUT2D eigenvalue weighted by atomic mass is 9.92. The van der Waals surface area contributed by atoms with Gasteiger partial charge in [0.2, 0.25) is 0 Å². The van der Waals surface area contributed by atoms with Gasteiger partial charge in [-0.2, -0.15) is 0 Å². The molecule has 2 N–H and O–H groups in total. The molecule has 2 rings (SSSR count). The third-order valence-corrected chi connectivity index (χ3v) is 4.06. The highest BCUT2D eigenvalue weighted by molar-refractivity contribution is 14.1. The summed E-state index contributed by atoms with van der Waals surface area (Å²) in [7, 11) is 0. The van der Waals surface area contributed by atoms with Crippen molar-refractivity contribution in [2.24, 2.45) is 0 Å². The highest BCUT2D eigenvalue weighted by Crippen LogP contribution is 2.27. The van der Waals surface area contributed by atoms with Crippen LogP contribution in [-0.4, -0.2) is 11.1 Å². The molecule has 20 heavy (non-hydrogen) atoms. The minimum Gasteiger partial charge on any atom is -0.479 e. The molecule has 0 saturated heterocycles. The lowest BCUT2D eigenvalue weighted by molar-refractivity contribution is -0.142. The minimum absolute atomic E-state index is 0.613. The molecule has 1 unspecified atom stereocenters. The highest BCUT2D eigenvalue weighted by Gasteiger charge is 2.35. The Labute approximate surface area is 136 Å². The Morgan fingerprint density at radius 1 is 1.15 bits per heavy atom. The van der Waals surface area contributed by atoms with E-state index in [0.29, 0.717) is 16.3 Å². The van der Waals surface area contributed by atoms with Gasteiger partial charge in [-0.15, -0.1) is 0 Å². The van der Waals surface area contributed by atoms with Crippen LogP contribution in [0, 0.1) is 3.57 Å². The molecule has 1 atom stereocenters. The van der Waals surface area contributed by atoms with Crippen molar-refractivity contribution in [1.29, 1.82) is 0 Å². The summed E-state index contributed by atoms with van der Waals surface area (Å²) < 4.78 is 1.06. The number of anilines is 1. The SMILES string of the molecule is CC(Nc1ccc(Cl)cc1)(C(=O)O)c1ccc(I)cc1. The number of aliphatic carboxylic acids is 1. The van der Waals surface area contributed by atoms with Gasteiger partial charge < -0.3 is 10.4 Å². The first-order chi connectivity index (χ1) is 9.41. The van der Waals surface area contributed by atoms with E-state index in [1.807, 2.05) is 24.3 Å². The molecule has 3 nitrogen and oxygen atoms in total. The summed E-state index contributed by atoms with van der Waals surface area (Å²) in [6, 6.07) is 14.4. The first-order valence-electron chi connectivity index (χ1n) is 5.95. The average molecular weight is 402 g/mol. The van der Waals surface area contributed by atoms with E-state index >= 15 is 0 Å². The van der Waals surface area contributed by atoms with E-state index in [1.165, 1.54) is 0 Å². The number of carbonyl (C=O) groups is 1. The zero-order chi connectivity index (χ0) is 14.8. The maximum absolute atomic E-state index is 11.7. The van der Waals surface area contributed by atoms with Gasteiger partial charge in [0.25, 0.3) is 0 Å². The molecule has 0 aliphatic rings. The van der Waals surface area contributed by atoms with Crippen molar-refractivity contribution in [2.75, 3.05) is 5.32 Å². The fourth-order valence-corrected chi connectivity index (χ4v) is 2.34. The zero-order valence-electron chi connectivity index (χ0n) is 10.7. The van der Waals surface area contributed by atoms with E-state index in [2.05, 4.69) is 27.9 Å². The lowest BCUT2D eigenvalue weighted by Crippen LogP contribution is -2.40. The van der Waals surface area contributed by atoms with Crippen LogP contribution in [0.25, 0.3) is 0 Å². The number of halogens is 2. The molecule has 0 radical (unpaired) electrons. The Bertz CT molecular complexity index is 613. The van der Waals surface area contributed by atoms with Gasteiger partial charge in [-0.25, -0.2) is 4.79 Å². The van der Waals surface area contributed by atoms with Gasteiger partial charge in [0.1, 0.15) is 0 Å². The predicted octanol–water partition coefficient (Wildman–Crippen LogP) is 4.36. The lowest BCUT2D eigenvalue weighted by Gasteiger charge is -2.28. The monoisotopic (exact) mass is 401 g/mol. The number of carboxylic acids is 1. The Morgan fingerprint density at radius 2 is 1.70 bits per heavy atom. The molecule has 0 aliphatic heterocycles. The van der Waals surface area contributed by atoms with Gasteiger partial charge in [0.05, 0.1) is 0 Å². The van der Waals surface area contributed by atoms with E-state index in [-0.39, 0.29) is 0 Å². The summed E-state index contributed by atoms with van der Waals surface area (Å²) in [5.41, 5.74) is 0.205. The number of carboxylic acid groups (broad SMARTS) is 1. The molecule has 0 saturated carbocycles. The largest absolute Gasteiger partial charge is 0.479 e. The Kier molecular flexibility index (Phi) is 4.55. The van der Waals surface area contributed by atoms with Crippen LogP contribution in [0.15, 0.2) is 48.5 Å². The number of nitrogens with one attached hydrogen (secondary N) is 1. The molecule has 0 spiro atoms.